The number of carbonyl (C=O) groups excluding carboxylic acids is 1. The zero-order chi connectivity index (χ0) is 21.1. The molecule has 0 bridgehead atoms. The van der Waals surface area contributed by atoms with Crippen molar-refractivity contribution in [3.05, 3.63) is 71.8 Å². The van der Waals surface area contributed by atoms with Gasteiger partial charge in [0.2, 0.25) is 5.89 Å². The molecule has 3 aromatic carbocycles. The third-order valence-corrected chi connectivity index (χ3v) is 4.71. The van der Waals surface area contributed by atoms with Crippen molar-refractivity contribution in [2.45, 2.75) is 13.8 Å². The minimum atomic E-state index is -0.261. The highest BCUT2D eigenvalue weighted by Gasteiger charge is 2.12. The van der Waals surface area contributed by atoms with Gasteiger partial charge in [0.15, 0.2) is 12.2 Å². The van der Waals surface area contributed by atoms with Crippen LogP contribution >= 0.6 is 0 Å². The topological polar surface area (TPSA) is 73.6 Å². The first-order chi connectivity index (χ1) is 14.5. The highest BCUT2D eigenvalue weighted by Crippen LogP contribution is 2.28. The maximum Gasteiger partial charge on any atom is 0.262 e. The molecule has 0 atom stereocenters. The Morgan fingerprint density at radius 2 is 1.77 bits per heavy atom. The lowest BCUT2D eigenvalue weighted by atomic mass is 10.1. The van der Waals surface area contributed by atoms with Gasteiger partial charge in [0.05, 0.1) is 7.11 Å². The van der Waals surface area contributed by atoms with E-state index in [1.54, 1.807) is 49.6 Å². The lowest BCUT2D eigenvalue weighted by Gasteiger charge is -2.08. The number of aromatic nitrogens is 1. The number of hydrogen-bond donors (Lipinski definition) is 1. The Labute approximate surface area is 174 Å². The van der Waals surface area contributed by atoms with Crippen LogP contribution in [-0.4, -0.2) is 24.6 Å². The molecule has 0 aliphatic rings. The Morgan fingerprint density at radius 3 is 2.50 bits per heavy atom. The van der Waals surface area contributed by atoms with Crippen LogP contribution in [0.5, 0.6) is 11.5 Å². The van der Waals surface area contributed by atoms with Gasteiger partial charge >= 0.3 is 0 Å². The molecule has 0 saturated carbocycles. The number of aryl methyl sites for hydroxylation is 2. The summed E-state index contributed by atoms with van der Waals surface area (Å²) in [5.41, 5.74) is 5.22. The number of amides is 1. The molecule has 0 aliphatic carbocycles. The second kappa shape index (κ2) is 8.29. The fourth-order valence-corrected chi connectivity index (χ4v) is 3.19. The average molecular weight is 402 g/mol. The van der Waals surface area contributed by atoms with Gasteiger partial charge in [-0.2, -0.15) is 0 Å². The van der Waals surface area contributed by atoms with Gasteiger partial charge in [-0.05, 0) is 67.9 Å². The van der Waals surface area contributed by atoms with Crippen molar-refractivity contribution in [2.75, 3.05) is 19.0 Å². The molecule has 6 nitrogen and oxygen atoms in total. The van der Waals surface area contributed by atoms with E-state index >= 15 is 0 Å². The van der Waals surface area contributed by atoms with Gasteiger partial charge in [-0.15, -0.1) is 0 Å². The van der Waals surface area contributed by atoms with Crippen LogP contribution in [0.3, 0.4) is 0 Å². The Morgan fingerprint density at radius 1 is 1.00 bits per heavy atom. The number of fused-ring (bicyclic) bond motifs is 1. The van der Waals surface area contributed by atoms with Gasteiger partial charge < -0.3 is 19.2 Å². The molecule has 30 heavy (non-hydrogen) atoms. The third-order valence-electron chi connectivity index (χ3n) is 4.71. The van der Waals surface area contributed by atoms with Crippen molar-refractivity contribution in [1.29, 1.82) is 0 Å². The van der Waals surface area contributed by atoms with Crippen molar-refractivity contribution < 1.29 is 18.7 Å². The Hall–Kier alpha value is -3.80. The minimum absolute atomic E-state index is 0.100. The molecular formula is C24H22N2O4. The summed E-state index contributed by atoms with van der Waals surface area (Å²) >= 11 is 0. The van der Waals surface area contributed by atoms with E-state index in [2.05, 4.69) is 23.3 Å². The maximum absolute atomic E-state index is 12.2. The second-order valence-corrected chi connectivity index (χ2v) is 7.03. The van der Waals surface area contributed by atoms with E-state index in [1.165, 1.54) is 5.56 Å². The van der Waals surface area contributed by atoms with Gasteiger partial charge in [0.25, 0.3) is 5.91 Å². The van der Waals surface area contributed by atoms with Crippen LogP contribution in [0.15, 0.2) is 65.1 Å². The monoisotopic (exact) mass is 402 g/mol. The van der Waals surface area contributed by atoms with Crippen molar-refractivity contribution in [2.24, 2.45) is 0 Å². The molecule has 0 unspecified atom stereocenters. The number of anilines is 1. The third kappa shape index (κ3) is 4.27. The maximum atomic E-state index is 12.2. The molecular weight excluding hydrogens is 380 g/mol. The van der Waals surface area contributed by atoms with Crippen LogP contribution in [0.1, 0.15) is 11.1 Å². The Kier molecular flexibility index (Phi) is 5.39. The number of oxazole rings is 1. The van der Waals surface area contributed by atoms with Gasteiger partial charge in [0, 0.05) is 11.3 Å². The minimum Gasteiger partial charge on any atom is -0.497 e. The largest absolute Gasteiger partial charge is 0.497 e. The number of methoxy groups -OCH3 is 1. The van der Waals surface area contributed by atoms with Gasteiger partial charge in [-0.3, -0.25) is 4.79 Å². The summed E-state index contributed by atoms with van der Waals surface area (Å²) in [5, 5.41) is 2.82. The molecule has 1 aromatic heterocycles. The van der Waals surface area contributed by atoms with E-state index in [0.717, 1.165) is 16.9 Å². The summed E-state index contributed by atoms with van der Waals surface area (Å²) in [6.45, 7) is 3.98. The van der Waals surface area contributed by atoms with E-state index in [4.69, 9.17) is 13.9 Å². The van der Waals surface area contributed by atoms with Gasteiger partial charge in [-0.25, -0.2) is 4.98 Å². The quantitative estimate of drug-likeness (QED) is 0.483. The van der Waals surface area contributed by atoms with E-state index in [0.29, 0.717) is 28.4 Å². The molecule has 0 spiro atoms. The zero-order valence-corrected chi connectivity index (χ0v) is 17.1. The SMILES string of the molecule is COc1ccc(OCC(=O)Nc2ccc3oc(-c4ccc(C)cc4C)nc3c2)cc1. The molecule has 4 aromatic rings. The van der Waals surface area contributed by atoms with Crippen LogP contribution in [0.4, 0.5) is 5.69 Å². The lowest BCUT2D eigenvalue weighted by molar-refractivity contribution is -0.118. The predicted molar refractivity (Wildman–Crippen MR) is 116 cm³/mol. The summed E-state index contributed by atoms with van der Waals surface area (Å²) in [7, 11) is 1.60. The van der Waals surface area contributed by atoms with E-state index in [1.807, 2.05) is 19.1 Å². The second-order valence-electron chi connectivity index (χ2n) is 7.03. The van der Waals surface area contributed by atoms with Crippen molar-refractivity contribution in [3.8, 4) is 23.0 Å². The number of rotatable bonds is 6. The zero-order valence-electron chi connectivity index (χ0n) is 17.1. The van der Waals surface area contributed by atoms with E-state index in [9.17, 15) is 4.79 Å². The lowest BCUT2D eigenvalue weighted by Crippen LogP contribution is -2.20. The summed E-state index contributed by atoms with van der Waals surface area (Å²) in [5.74, 6) is 1.63. The molecule has 1 heterocycles. The van der Waals surface area contributed by atoms with Crippen molar-refractivity contribution >= 4 is 22.7 Å². The predicted octanol–water partition coefficient (Wildman–Crippen LogP) is 5.14. The van der Waals surface area contributed by atoms with Gasteiger partial charge in [0.1, 0.15) is 17.0 Å². The molecule has 0 fully saturated rings. The standard InChI is InChI=1S/C24H22N2O4/c1-15-4-10-20(16(2)12-15)24-26-21-13-17(5-11-22(21)30-24)25-23(27)14-29-19-8-6-18(28-3)7-9-19/h4-13H,14H2,1-3H3,(H,25,27). The van der Waals surface area contributed by atoms with Crippen LogP contribution in [0, 0.1) is 13.8 Å². The molecule has 0 radical (unpaired) electrons. The Bertz CT molecular complexity index is 1200. The summed E-state index contributed by atoms with van der Waals surface area (Å²) in [6, 6.07) is 18.6. The fourth-order valence-electron chi connectivity index (χ4n) is 3.19. The highest BCUT2D eigenvalue weighted by molar-refractivity contribution is 5.94. The van der Waals surface area contributed by atoms with Crippen LogP contribution in [-0.2, 0) is 4.79 Å². The summed E-state index contributed by atoms with van der Waals surface area (Å²) in [6.07, 6.45) is 0. The molecule has 6 heteroatoms. The molecule has 0 aliphatic heterocycles. The number of nitrogens with zero attached hydrogens (tertiary/aromatic N) is 1. The summed E-state index contributed by atoms with van der Waals surface area (Å²) in [4.78, 5) is 16.8. The Balaban J connectivity index is 1.44. The average Bonchev–Trinajstić information content (AvgIpc) is 3.15. The highest BCUT2D eigenvalue weighted by atomic mass is 16.5. The smallest absolute Gasteiger partial charge is 0.262 e. The number of ether oxygens (including phenoxy) is 2. The number of benzene rings is 3. The molecule has 152 valence electrons. The number of hydrogen-bond acceptors (Lipinski definition) is 5. The molecule has 1 N–H and O–H groups in total. The van der Waals surface area contributed by atoms with Crippen LogP contribution in [0.25, 0.3) is 22.6 Å². The van der Waals surface area contributed by atoms with E-state index in [-0.39, 0.29) is 12.5 Å². The number of carbonyl (C=O) groups is 1. The normalized spacial score (nSPS) is 10.8. The van der Waals surface area contributed by atoms with Crippen LogP contribution < -0.4 is 14.8 Å². The van der Waals surface area contributed by atoms with Gasteiger partial charge in [-0.1, -0.05) is 17.7 Å². The van der Waals surface area contributed by atoms with E-state index < -0.39 is 0 Å². The first-order valence-corrected chi connectivity index (χ1v) is 9.57. The molecule has 1 amide bonds. The fraction of sp³-hybridized carbons (Fsp3) is 0.167. The van der Waals surface area contributed by atoms with Crippen molar-refractivity contribution in [3.63, 3.8) is 0 Å². The first kappa shape index (κ1) is 19.5. The van der Waals surface area contributed by atoms with Crippen LogP contribution in [0.2, 0.25) is 0 Å². The number of nitrogens with one attached hydrogen (secondary N) is 1. The molecule has 4 rings (SSSR count). The molecule has 0 saturated heterocycles. The summed E-state index contributed by atoms with van der Waals surface area (Å²) < 4.78 is 16.5. The van der Waals surface area contributed by atoms with Crippen molar-refractivity contribution in [1.82, 2.24) is 4.98 Å². The first-order valence-electron chi connectivity index (χ1n) is 9.57.